The van der Waals surface area contributed by atoms with Crippen LogP contribution in [0, 0.1) is 0 Å². The molecule has 1 saturated heterocycles. The molecule has 0 amide bonds. The van der Waals surface area contributed by atoms with Crippen molar-refractivity contribution in [3.8, 4) is 0 Å². The molecule has 0 saturated carbocycles. The molecule has 2 aliphatic rings. The first-order chi connectivity index (χ1) is 17.8. The van der Waals surface area contributed by atoms with Crippen LogP contribution in [0.25, 0.3) is 0 Å². The highest BCUT2D eigenvalue weighted by molar-refractivity contribution is 7.92. The number of aliphatic hydroxyl groups is 1. The summed E-state index contributed by atoms with van der Waals surface area (Å²) in [5.41, 5.74) is 4.31. The van der Waals surface area contributed by atoms with Gasteiger partial charge in [-0.05, 0) is 66.1 Å². The Hall–Kier alpha value is -2.46. The molecule has 1 N–H and O–H groups in total. The minimum Gasteiger partial charge on any atom is -0.461 e. The van der Waals surface area contributed by atoms with Crippen molar-refractivity contribution in [2.75, 3.05) is 37.2 Å². The first kappa shape index (κ1) is 27.6. The fourth-order valence-corrected chi connectivity index (χ4v) is 7.23. The van der Waals surface area contributed by atoms with Crippen LogP contribution in [0.3, 0.4) is 0 Å². The van der Waals surface area contributed by atoms with Crippen LogP contribution in [0.4, 0.5) is 5.69 Å². The van der Waals surface area contributed by atoms with Crippen molar-refractivity contribution >= 4 is 21.7 Å². The van der Waals surface area contributed by atoms with Crippen molar-refractivity contribution in [2.45, 2.75) is 70.0 Å². The predicted octanol–water partition coefficient (Wildman–Crippen LogP) is 3.60. The van der Waals surface area contributed by atoms with Gasteiger partial charge in [-0.2, -0.15) is 0 Å². The van der Waals surface area contributed by atoms with E-state index in [4.69, 9.17) is 9.47 Å². The Morgan fingerprint density at radius 3 is 2.57 bits per heavy atom. The number of hydrogen-bond acceptors (Lipinski definition) is 7. The normalized spacial score (nSPS) is 19.4. The van der Waals surface area contributed by atoms with Crippen molar-refractivity contribution < 1.29 is 27.8 Å². The lowest BCUT2D eigenvalue weighted by atomic mass is 9.94. The first-order valence-corrected chi connectivity index (χ1v) is 14.6. The second kappa shape index (κ2) is 11.9. The molecule has 0 radical (unpaired) electrons. The van der Waals surface area contributed by atoms with Gasteiger partial charge in [0.15, 0.2) is 0 Å². The van der Waals surface area contributed by atoms with Crippen LogP contribution in [0.5, 0.6) is 0 Å². The number of carbonyl (C=O) groups excluding carboxylic acids is 1. The molecule has 2 atom stereocenters. The van der Waals surface area contributed by atoms with Crippen LogP contribution in [0.1, 0.15) is 61.9 Å². The molecule has 37 heavy (non-hydrogen) atoms. The number of hydrogen-bond donors (Lipinski definition) is 1. The molecule has 0 aromatic heterocycles. The summed E-state index contributed by atoms with van der Waals surface area (Å²) in [7, 11) is -3.89. The van der Waals surface area contributed by atoms with Gasteiger partial charge in [0.2, 0.25) is 0 Å². The van der Waals surface area contributed by atoms with Crippen molar-refractivity contribution in [3.63, 3.8) is 0 Å². The van der Waals surface area contributed by atoms with Crippen molar-refractivity contribution in [1.29, 1.82) is 0 Å². The maximum absolute atomic E-state index is 14.2. The van der Waals surface area contributed by atoms with Crippen LogP contribution in [0.2, 0.25) is 0 Å². The quantitative estimate of drug-likeness (QED) is 0.495. The van der Waals surface area contributed by atoms with Gasteiger partial charge >= 0.3 is 5.97 Å². The van der Waals surface area contributed by atoms with E-state index in [0.29, 0.717) is 38.3 Å². The highest BCUT2D eigenvalue weighted by Crippen LogP contribution is 2.38. The van der Waals surface area contributed by atoms with Crippen molar-refractivity contribution in [1.82, 2.24) is 4.90 Å². The van der Waals surface area contributed by atoms with Gasteiger partial charge in [0.05, 0.1) is 36.4 Å². The lowest BCUT2D eigenvalue weighted by molar-refractivity contribution is -0.142. The van der Waals surface area contributed by atoms with Crippen molar-refractivity contribution in [3.05, 3.63) is 58.7 Å². The van der Waals surface area contributed by atoms with E-state index < -0.39 is 16.0 Å². The third-order valence-corrected chi connectivity index (χ3v) is 9.32. The molecule has 0 aliphatic carbocycles. The van der Waals surface area contributed by atoms with E-state index in [1.165, 1.54) is 12.5 Å². The molecule has 2 aromatic rings. The van der Waals surface area contributed by atoms with Crippen molar-refractivity contribution in [2.24, 2.45) is 0 Å². The van der Waals surface area contributed by atoms with E-state index in [-0.39, 0.29) is 30.2 Å². The molecule has 1 fully saturated rings. The van der Waals surface area contributed by atoms with Gasteiger partial charge in [0.1, 0.15) is 6.61 Å². The second-order valence-electron chi connectivity index (χ2n) is 9.71. The van der Waals surface area contributed by atoms with E-state index in [2.05, 4.69) is 17.9 Å². The Labute approximate surface area is 220 Å². The third kappa shape index (κ3) is 5.85. The summed E-state index contributed by atoms with van der Waals surface area (Å²) in [5.74, 6) is -0.450. The first-order valence-electron chi connectivity index (χ1n) is 13.1. The van der Waals surface area contributed by atoms with Crippen LogP contribution >= 0.6 is 0 Å². The van der Waals surface area contributed by atoms with Crippen LogP contribution in [-0.2, 0) is 43.7 Å². The maximum Gasteiger partial charge on any atom is 0.302 e. The number of aryl methyl sites for hydroxylation is 2. The molecule has 0 bridgehead atoms. The van der Waals surface area contributed by atoms with Gasteiger partial charge < -0.3 is 14.6 Å². The average Bonchev–Trinajstić information content (AvgIpc) is 2.92. The number of anilines is 1. The van der Waals surface area contributed by atoms with Crippen LogP contribution < -0.4 is 4.31 Å². The van der Waals surface area contributed by atoms with Gasteiger partial charge in [-0.15, -0.1) is 0 Å². The Bertz CT molecular complexity index is 1210. The number of esters is 1. The Morgan fingerprint density at radius 1 is 1.16 bits per heavy atom. The topological polar surface area (TPSA) is 96.4 Å². The number of carbonyl (C=O) groups is 1. The smallest absolute Gasteiger partial charge is 0.302 e. The van der Waals surface area contributed by atoms with E-state index in [9.17, 15) is 18.3 Å². The summed E-state index contributed by atoms with van der Waals surface area (Å²) in [6.45, 7) is 7.66. The molecule has 2 heterocycles. The SMILES string of the molecule is CCc1ccc2c(c1)CCC(CC)N2S(=O)(=O)c1ccc(C(CO)N2CCOCC2)c(COC(C)=O)c1. The maximum atomic E-state index is 14.2. The number of rotatable bonds is 9. The minimum absolute atomic E-state index is 0.0669. The lowest BCUT2D eigenvalue weighted by Crippen LogP contribution is -2.43. The minimum atomic E-state index is -3.89. The zero-order chi connectivity index (χ0) is 26.6. The molecular weight excluding hydrogens is 492 g/mol. The Morgan fingerprint density at radius 2 is 1.92 bits per heavy atom. The largest absolute Gasteiger partial charge is 0.461 e. The number of morpholine rings is 1. The third-order valence-electron chi connectivity index (χ3n) is 7.46. The van der Waals surface area contributed by atoms with Crippen LogP contribution in [-0.4, -0.2) is 63.3 Å². The highest BCUT2D eigenvalue weighted by atomic mass is 32.2. The summed E-state index contributed by atoms with van der Waals surface area (Å²) in [6.07, 6.45) is 3.21. The van der Waals surface area contributed by atoms with Crippen LogP contribution in [0.15, 0.2) is 41.3 Å². The van der Waals surface area contributed by atoms with Gasteiger partial charge in [0.25, 0.3) is 10.0 Å². The fraction of sp³-hybridized carbons (Fsp3) is 0.536. The number of ether oxygens (including phenoxy) is 2. The van der Waals surface area contributed by atoms with Gasteiger partial charge in [0, 0.05) is 26.1 Å². The summed E-state index contributed by atoms with van der Waals surface area (Å²) < 4.78 is 40.7. The molecule has 4 rings (SSSR count). The number of sulfonamides is 1. The average molecular weight is 531 g/mol. The number of nitrogens with zero attached hydrogens (tertiary/aromatic N) is 2. The molecule has 0 spiro atoms. The second-order valence-corrected chi connectivity index (χ2v) is 11.5. The van der Waals surface area contributed by atoms with E-state index in [1.54, 1.807) is 22.5 Å². The summed E-state index contributed by atoms with van der Waals surface area (Å²) in [4.78, 5) is 13.9. The van der Waals surface area contributed by atoms with E-state index in [0.717, 1.165) is 36.1 Å². The predicted molar refractivity (Wildman–Crippen MR) is 142 cm³/mol. The standard InChI is InChI=1S/C28H38N2O6S/c1-4-21-6-11-27-22(16-21)7-8-24(5-2)30(27)37(33,34)25-9-10-26(23(17-25)19-36-20(3)32)28(18-31)29-12-14-35-15-13-29/h6,9-11,16-17,24,28,31H,4-5,7-8,12-15,18-19H2,1-3H3. The van der Waals surface area contributed by atoms with E-state index >= 15 is 0 Å². The lowest BCUT2D eigenvalue weighted by Gasteiger charge is -2.38. The molecular formula is C28H38N2O6S. The molecule has 2 aromatic carbocycles. The molecule has 2 aliphatic heterocycles. The van der Waals surface area contributed by atoms with E-state index in [1.807, 2.05) is 19.1 Å². The number of benzene rings is 2. The fourth-order valence-electron chi connectivity index (χ4n) is 5.39. The zero-order valence-corrected chi connectivity index (χ0v) is 22.8. The molecule has 2 unspecified atom stereocenters. The van der Waals surface area contributed by atoms with Gasteiger partial charge in [-0.3, -0.25) is 14.0 Å². The number of aliphatic hydroxyl groups excluding tert-OH is 1. The monoisotopic (exact) mass is 530 g/mol. The summed E-state index contributed by atoms with van der Waals surface area (Å²) in [6, 6.07) is 10.6. The molecule has 9 heteroatoms. The zero-order valence-electron chi connectivity index (χ0n) is 22.0. The van der Waals surface area contributed by atoms with Gasteiger partial charge in [-0.25, -0.2) is 8.42 Å². The summed E-state index contributed by atoms with van der Waals surface area (Å²) in [5, 5.41) is 10.3. The highest BCUT2D eigenvalue weighted by Gasteiger charge is 2.36. The Balaban J connectivity index is 1.77. The number of fused-ring (bicyclic) bond motifs is 1. The molecule has 8 nitrogen and oxygen atoms in total. The van der Waals surface area contributed by atoms with Gasteiger partial charge in [-0.1, -0.05) is 32.0 Å². The molecule has 202 valence electrons. The Kier molecular flexibility index (Phi) is 8.90. The summed E-state index contributed by atoms with van der Waals surface area (Å²) >= 11 is 0.